The number of aryl methyl sites for hydroxylation is 1. The van der Waals surface area contributed by atoms with E-state index in [4.69, 9.17) is 0 Å². The topological polar surface area (TPSA) is 57.5 Å². The third-order valence-electron chi connectivity index (χ3n) is 5.52. The number of benzene rings is 1. The van der Waals surface area contributed by atoms with Crippen LogP contribution in [0.4, 0.5) is 0 Å². The van der Waals surface area contributed by atoms with Crippen LogP contribution in [0.3, 0.4) is 0 Å². The normalized spacial score (nSPS) is 18.2. The van der Waals surface area contributed by atoms with E-state index in [1.54, 1.807) is 0 Å². The van der Waals surface area contributed by atoms with Crippen molar-refractivity contribution in [2.45, 2.75) is 58.3 Å². The Morgan fingerprint density at radius 3 is 2.79 bits per heavy atom. The first-order chi connectivity index (χ1) is 13.8. The Hall–Kier alpha value is -2.34. The fraction of sp³-hybridized carbons (Fsp3) is 0.545. The van der Waals surface area contributed by atoms with E-state index in [1.165, 1.54) is 36.9 Å². The third kappa shape index (κ3) is 6.09. The maximum absolute atomic E-state index is 4.36. The molecule has 0 aliphatic carbocycles. The number of aliphatic imine (C=N–C) groups is 1. The van der Waals surface area contributed by atoms with Gasteiger partial charge in [0, 0.05) is 51.7 Å². The van der Waals surface area contributed by atoms with Crippen LogP contribution in [-0.4, -0.2) is 46.8 Å². The predicted octanol–water partition coefficient (Wildman–Crippen LogP) is 3.01. The van der Waals surface area contributed by atoms with Gasteiger partial charge in [0.1, 0.15) is 0 Å². The third-order valence-corrected chi connectivity index (χ3v) is 5.52. The number of rotatable bonds is 8. The van der Waals surface area contributed by atoms with E-state index in [1.807, 2.05) is 30.2 Å². The van der Waals surface area contributed by atoms with Gasteiger partial charge in [0.15, 0.2) is 5.96 Å². The molecule has 1 aromatic heterocycles. The van der Waals surface area contributed by atoms with Crippen molar-refractivity contribution >= 4 is 5.96 Å². The summed E-state index contributed by atoms with van der Waals surface area (Å²) in [6.45, 7) is 7.17. The molecular formula is C22H34N6. The summed E-state index contributed by atoms with van der Waals surface area (Å²) in [5.74, 6) is 0.849. The Morgan fingerprint density at radius 1 is 1.18 bits per heavy atom. The Bertz CT molecular complexity index is 724. The summed E-state index contributed by atoms with van der Waals surface area (Å²) in [5.41, 5.74) is 2.76. The molecule has 0 amide bonds. The van der Waals surface area contributed by atoms with Crippen molar-refractivity contribution in [3.8, 4) is 0 Å². The molecule has 1 aromatic carbocycles. The SMILES string of the molecule is CN=C(NCCCn1cccn1)NCc1ccccc1CN1CCCCC1C. The number of guanidine groups is 1. The molecule has 1 atom stereocenters. The van der Waals surface area contributed by atoms with Gasteiger partial charge < -0.3 is 10.6 Å². The second kappa shape index (κ2) is 10.9. The Labute approximate surface area is 169 Å². The monoisotopic (exact) mass is 382 g/mol. The zero-order valence-electron chi connectivity index (χ0n) is 17.3. The van der Waals surface area contributed by atoms with E-state index >= 15 is 0 Å². The molecule has 1 fully saturated rings. The summed E-state index contributed by atoms with van der Waals surface area (Å²) in [6.07, 6.45) is 8.81. The van der Waals surface area contributed by atoms with E-state index in [0.29, 0.717) is 6.04 Å². The average molecular weight is 383 g/mol. The number of nitrogens with zero attached hydrogens (tertiary/aromatic N) is 4. The molecule has 152 valence electrons. The van der Waals surface area contributed by atoms with Crippen molar-refractivity contribution in [2.75, 3.05) is 20.1 Å². The molecule has 0 spiro atoms. The van der Waals surface area contributed by atoms with E-state index in [2.05, 4.69) is 56.8 Å². The second-order valence-electron chi connectivity index (χ2n) is 7.56. The van der Waals surface area contributed by atoms with Gasteiger partial charge in [-0.15, -0.1) is 0 Å². The molecule has 0 saturated carbocycles. The number of piperidine rings is 1. The highest BCUT2D eigenvalue weighted by Crippen LogP contribution is 2.20. The first kappa shape index (κ1) is 20.4. The van der Waals surface area contributed by atoms with E-state index in [0.717, 1.165) is 38.6 Å². The molecule has 3 rings (SSSR count). The highest BCUT2D eigenvalue weighted by molar-refractivity contribution is 5.79. The van der Waals surface area contributed by atoms with Gasteiger partial charge in [0.05, 0.1) is 0 Å². The van der Waals surface area contributed by atoms with Crippen molar-refractivity contribution in [3.63, 3.8) is 0 Å². The summed E-state index contributed by atoms with van der Waals surface area (Å²) in [4.78, 5) is 6.97. The standard InChI is InChI=1S/C22H34N6/c1-19-9-5-6-14-27(19)18-21-11-4-3-10-20(21)17-25-22(23-2)24-12-7-15-28-16-8-13-26-28/h3-4,8,10-11,13,16,19H,5-7,9,12,14-15,17-18H2,1-2H3,(H2,23,24,25). The quantitative estimate of drug-likeness (QED) is 0.419. The smallest absolute Gasteiger partial charge is 0.191 e. The van der Waals surface area contributed by atoms with Crippen molar-refractivity contribution in [3.05, 3.63) is 53.9 Å². The van der Waals surface area contributed by atoms with Gasteiger partial charge in [-0.2, -0.15) is 5.10 Å². The Balaban J connectivity index is 1.47. The Morgan fingerprint density at radius 2 is 2.04 bits per heavy atom. The van der Waals surface area contributed by atoms with E-state index in [9.17, 15) is 0 Å². The average Bonchev–Trinajstić information content (AvgIpc) is 3.24. The minimum absolute atomic E-state index is 0.680. The van der Waals surface area contributed by atoms with Crippen LogP contribution in [0.2, 0.25) is 0 Å². The van der Waals surface area contributed by atoms with Crippen molar-refractivity contribution in [1.82, 2.24) is 25.3 Å². The minimum Gasteiger partial charge on any atom is -0.356 e. The van der Waals surface area contributed by atoms with Crippen LogP contribution in [0, 0.1) is 0 Å². The molecule has 2 N–H and O–H groups in total. The lowest BCUT2D eigenvalue weighted by molar-refractivity contribution is 0.152. The van der Waals surface area contributed by atoms with Gasteiger partial charge in [0.2, 0.25) is 0 Å². The molecule has 0 radical (unpaired) electrons. The lowest BCUT2D eigenvalue weighted by Crippen LogP contribution is -2.38. The van der Waals surface area contributed by atoms with Crippen LogP contribution in [0.15, 0.2) is 47.7 Å². The molecule has 28 heavy (non-hydrogen) atoms. The molecule has 6 nitrogen and oxygen atoms in total. The summed E-state index contributed by atoms with van der Waals surface area (Å²) in [7, 11) is 1.82. The molecule has 1 aliphatic rings. The molecule has 1 unspecified atom stereocenters. The zero-order valence-corrected chi connectivity index (χ0v) is 17.3. The largest absolute Gasteiger partial charge is 0.356 e. The maximum Gasteiger partial charge on any atom is 0.191 e. The maximum atomic E-state index is 4.36. The fourth-order valence-corrected chi connectivity index (χ4v) is 3.78. The fourth-order valence-electron chi connectivity index (χ4n) is 3.78. The van der Waals surface area contributed by atoms with Gasteiger partial charge in [-0.3, -0.25) is 14.6 Å². The number of hydrogen-bond donors (Lipinski definition) is 2. The van der Waals surface area contributed by atoms with Crippen molar-refractivity contribution < 1.29 is 0 Å². The van der Waals surface area contributed by atoms with E-state index in [-0.39, 0.29) is 0 Å². The first-order valence-corrected chi connectivity index (χ1v) is 10.5. The van der Waals surface area contributed by atoms with Gasteiger partial charge in [-0.25, -0.2) is 0 Å². The van der Waals surface area contributed by atoms with Crippen LogP contribution in [0.25, 0.3) is 0 Å². The summed E-state index contributed by atoms with van der Waals surface area (Å²) in [6, 6.07) is 11.4. The number of hydrogen-bond acceptors (Lipinski definition) is 3. The van der Waals surface area contributed by atoms with Gasteiger partial charge >= 0.3 is 0 Å². The molecule has 6 heteroatoms. The lowest BCUT2D eigenvalue weighted by atomic mass is 10.0. The van der Waals surface area contributed by atoms with Crippen LogP contribution in [0.5, 0.6) is 0 Å². The molecule has 1 aliphatic heterocycles. The van der Waals surface area contributed by atoms with Crippen molar-refractivity contribution in [2.24, 2.45) is 4.99 Å². The highest BCUT2D eigenvalue weighted by atomic mass is 15.3. The van der Waals surface area contributed by atoms with Crippen molar-refractivity contribution in [1.29, 1.82) is 0 Å². The van der Waals surface area contributed by atoms with Crippen LogP contribution in [-0.2, 0) is 19.6 Å². The second-order valence-corrected chi connectivity index (χ2v) is 7.56. The van der Waals surface area contributed by atoms with E-state index < -0.39 is 0 Å². The minimum atomic E-state index is 0.680. The molecular weight excluding hydrogens is 348 g/mol. The number of likely N-dealkylation sites (tertiary alicyclic amines) is 1. The predicted molar refractivity (Wildman–Crippen MR) is 115 cm³/mol. The number of nitrogens with one attached hydrogen (secondary N) is 2. The van der Waals surface area contributed by atoms with Crippen LogP contribution < -0.4 is 10.6 Å². The van der Waals surface area contributed by atoms with Gasteiger partial charge in [0.25, 0.3) is 0 Å². The summed E-state index contributed by atoms with van der Waals surface area (Å²) < 4.78 is 1.95. The highest BCUT2D eigenvalue weighted by Gasteiger charge is 2.19. The van der Waals surface area contributed by atoms with Gasteiger partial charge in [-0.1, -0.05) is 30.7 Å². The summed E-state index contributed by atoms with van der Waals surface area (Å²) >= 11 is 0. The molecule has 2 heterocycles. The summed E-state index contributed by atoms with van der Waals surface area (Å²) in [5, 5.41) is 11.1. The Kier molecular flexibility index (Phi) is 7.91. The molecule has 1 saturated heterocycles. The number of aromatic nitrogens is 2. The van der Waals surface area contributed by atoms with Crippen LogP contribution >= 0.6 is 0 Å². The molecule has 0 bridgehead atoms. The van der Waals surface area contributed by atoms with Gasteiger partial charge in [-0.05, 0) is 49.9 Å². The zero-order chi connectivity index (χ0) is 19.6. The van der Waals surface area contributed by atoms with Crippen LogP contribution in [0.1, 0.15) is 43.7 Å². The lowest BCUT2D eigenvalue weighted by Gasteiger charge is -2.33. The first-order valence-electron chi connectivity index (χ1n) is 10.5. The molecule has 2 aromatic rings.